The Bertz CT molecular complexity index is 549. The summed E-state index contributed by atoms with van der Waals surface area (Å²) in [6.07, 6.45) is 3.90. The van der Waals surface area contributed by atoms with Crippen LogP contribution in [0.3, 0.4) is 0 Å². The number of benzene rings is 1. The van der Waals surface area contributed by atoms with E-state index in [1.54, 1.807) is 24.3 Å². The molecule has 6 heteroatoms. The average molecular weight is 425 g/mol. The van der Waals surface area contributed by atoms with Gasteiger partial charge in [-0.15, -0.1) is 0 Å². The summed E-state index contributed by atoms with van der Waals surface area (Å²) in [4.78, 5) is 0.319. The number of hydrogen-bond donors (Lipinski definition) is 1. The third-order valence-electron chi connectivity index (χ3n) is 3.96. The van der Waals surface area contributed by atoms with Crippen LogP contribution in [0, 0.1) is 5.92 Å². The summed E-state index contributed by atoms with van der Waals surface area (Å²) < 4.78 is 28.8. The Hall–Kier alpha value is 0.0900. The summed E-state index contributed by atoms with van der Waals surface area (Å²) in [5.41, 5.74) is -0.349. The standard InChI is InChI=1S/C14H19Br2NO2S/c1-11-6-8-14(10-15,9-7-11)17-20(18,19)13-4-2-12(16)3-5-13/h2-5,11,17H,6-10H2,1H3. The molecular formula is C14H19Br2NO2S. The Morgan fingerprint density at radius 2 is 1.80 bits per heavy atom. The van der Waals surface area contributed by atoms with E-state index >= 15 is 0 Å². The highest BCUT2D eigenvalue weighted by atomic mass is 79.9. The Morgan fingerprint density at radius 1 is 1.25 bits per heavy atom. The SMILES string of the molecule is CC1CCC(CBr)(NS(=O)(=O)c2ccc(Br)cc2)CC1. The molecule has 1 saturated carbocycles. The van der Waals surface area contributed by atoms with Gasteiger partial charge in [-0.25, -0.2) is 13.1 Å². The van der Waals surface area contributed by atoms with E-state index in [2.05, 4.69) is 43.5 Å². The molecule has 2 rings (SSSR count). The highest BCUT2D eigenvalue weighted by molar-refractivity contribution is 9.10. The molecule has 3 nitrogen and oxygen atoms in total. The van der Waals surface area contributed by atoms with E-state index in [-0.39, 0.29) is 5.54 Å². The molecule has 0 aromatic heterocycles. The van der Waals surface area contributed by atoms with Gasteiger partial charge < -0.3 is 0 Å². The predicted octanol–water partition coefficient (Wildman–Crippen LogP) is 4.07. The Morgan fingerprint density at radius 3 is 2.30 bits per heavy atom. The van der Waals surface area contributed by atoms with E-state index in [9.17, 15) is 8.42 Å². The smallest absolute Gasteiger partial charge is 0.207 e. The molecule has 1 aromatic carbocycles. The van der Waals surface area contributed by atoms with Gasteiger partial charge in [0, 0.05) is 15.3 Å². The number of rotatable bonds is 4. The van der Waals surface area contributed by atoms with Crippen molar-refractivity contribution in [3.63, 3.8) is 0 Å². The number of sulfonamides is 1. The van der Waals surface area contributed by atoms with Crippen molar-refractivity contribution in [2.24, 2.45) is 5.92 Å². The molecule has 1 aliphatic rings. The van der Waals surface area contributed by atoms with Crippen molar-refractivity contribution in [2.45, 2.75) is 43.0 Å². The van der Waals surface area contributed by atoms with Crippen LogP contribution in [0.15, 0.2) is 33.6 Å². The van der Waals surface area contributed by atoms with Gasteiger partial charge in [0.15, 0.2) is 0 Å². The molecule has 1 N–H and O–H groups in total. The van der Waals surface area contributed by atoms with Gasteiger partial charge in [0.25, 0.3) is 0 Å². The minimum absolute atomic E-state index is 0.319. The van der Waals surface area contributed by atoms with Crippen LogP contribution in [0.25, 0.3) is 0 Å². The quantitative estimate of drug-likeness (QED) is 0.740. The maximum Gasteiger partial charge on any atom is 0.241 e. The summed E-state index contributed by atoms with van der Waals surface area (Å²) >= 11 is 6.81. The molecular weight excluding hydrogens is 406 g/mol. The molecule has 0 bridgehead atoms. The highest BCUT2D eigenvalue weighted by Gasteiger charge is 2.37. The first-order chi connectivity index (χ1) is 9.37. The molecule has 0 heterocycles. The van der Waals surface area contributed by atoms with Crippen LogP contribution in [0.2, 0.25) is 0 Å². The maximum absolute atomic E-state index is 12.5. The van der Waals surface area contributed by atoms with E-state index in [1.165, 1.54) is 0 Å². The first kappa shape index (κ1) is 16.5. The van der Waals surface area contributed by atoms with E-state index in [0.717, 1.165) is 30.2 Å². The molecule has 0 saturated heterocycles. The third kappa shape index (κ3) is 3.84. The van der Waals surface area contributed by atoms with Crippen LogP contribution in [-0.2, 0) is 10.0 Å². The summed E-state index contributed by atoms with van der Waals surface area (Å²) in [6, 6.07) is 6.75. The van der Waals surface area contributed by atoms with Crippen LogP contribution in [0.4, 0.5) is 0 Å². The molecule has 1 aromatic rings. The van der Waals surface area contributed by atoms with E-state index in [4.69, 9.17) is 0 Å². The average Bonchev–Trinajstić information content (AvgIpc) is 2.42. The van der Waals surface area contributed by atoms with Crippen LogP contribution in [-0.4, -0.2) is 19.3 Å². The van der Waals surface area contributed by atoms with Crippen molar-refractivity contribution >= 4 is 41.9 Å². The lowest BCUT2D eigenvalue weighted by Gasteiger charge is -2.38. The van der Waals surface area contributed by atoms with Gasteiger partial charge in [-0.1, -0.05) is 38.8 Å². The third-order valence-corrected chi connectivity index (χ3v) is 7.16. The van der Waals surface area contributed by atoms with E-state index < -0.39 is 10.0 Å². The van der Waals surface area contributed by atoms with Crippen molar-refractivity contribution < 1.29 is 8.42 Å². The lowest BCUT2D eigenvalue weighted by atomic mass is 9.79. The number of halogens is 2. The lowest BCUT2D eigenvalue weighted by Crippen LogP contribution is -2.51. The van der Waals surface area contributed by atoms with Gasteiger partial charge in [-0.2, -0.15) is 0 Å². The molecule has 0 spiro atoms. The predicted molar refractivity (Wildman–Crippen MR) is 88.6 cm³/mol. The molecule has 0 aliphatic heterocycles. The summed E-state index contributed by atoms with van der Waals surface area (Å²) in [6.45, 7) is 2.22. The summed E-state index contributed by atoms with van der Waals surface area (Å²) in [5, 5.41) is 0.655. The van der Waals surface area contributed by atoms with Crippen LogP contribution >= 0.6 is 31.9 Å². The first-order valence-corrected chi connectivity index (χ1v) is 10.1. The Kier molecular flexibility index (Phi) is 5.32. The minimum Gasteiger partial charge on any atom is -0.207 e. The fourth-order valence-corrected chi connectivity index (χ4v) is 5.14. The van der Waals surface area contributed by atoms with E-state index in [1.807, 2.05) is 0 Å². The van der Waals surface area contributed by atoms with Gasteiger partial charge in [0.2, 0.25) is 10.0 Å². The zero-order valence-electron chi connectivity index (χ0n) is 11.4. The normalized spacial score (nSPS) is 27.4. The monoisotopic (exact) mass is 423 g/mol. The second-order valence-electron chi connectivity index (χ2n) is 5.66. The second-order valence-corrected chi connectivity index (χ2v) is 8.81. The summed E-state index contributed by atoms with van der Waals surface area (Å²) in [5.74, 6) is 0.680. The molecule has 1 aliphatic carbocycles. The van der Waals surface area contributed by atoms with Crippen LogP contribution < -0.4 is 4.72 Å². The molecule has 0 unspecified atom stereocenters. The van der Waals surface area contributed by atoms with Crippen molar-refractivity contribution in [3.8, 4) is 0 Å². The highest BCUT2D eigenvalue weighted by Crippen LogP contribution is 2.34. The first-order valence-electron chi connectivity index (χ1n) is 6.72. The zero-order chi connectivity index (χ0) is 14.8. The fraction of sp³-hybridized carbons (Fsp3) is 0.571. The van der Waals surface area contributed by atoms with Crippen molar-refractivity contribution in [1.82, 2.24) is 4.72 Å². The summed E-state index contributed by atoms with van der Waals surface area (Å²) in [7, 11) is -3.47. The van der Waals surface area contributed by atoms with Gasteiger partial charge in [0.1, 0.15) is 0 Å². The van der Waals surface area contributed by atoms with Crippen molar-refractivity contribution in [1.29, 1.82) is 0 Å². The topological polar surface area (TPSA) is 46.2 Å². The maximum atomic E-state index is 12.5. The molecule has 1 fully saturated rings. The van der Waals surface area contributed by atoms with Crippen molar-refractivity contribution in [2.75, 3.05) is 5.33 Å². The van der Waals surface area contributed by atoms with Crippen LogP contribution in [0.1, 0.15) is 32.6 Å². The number of hydrogen-bond acceptors (Lipinski definition) is 2. The Labute approximate surface area is 137 Å². The second kappa shape index (κ2) is 6.46. The molecule has 0 amide bonds. The van der Waals surface area contributed by atoms with Gasteiger partial charge in [-0.3, -0.25) is 0 Å². The zero-order valence-corrected chi connectivity index (χ0v) is 15.4. The van der Waals surface area contributed by atoms with Gasteiger partial charge in [-0.05, 0) is 55.9 Å². The molecule has 0 radical (unpaired) electrons. The van der Waals surface area contributed by atoms with Crippen LogP contribution in [0.5, 0.6) is 0 Å². The number of alkyl halides is 1. The van der Waals surface area contributed by atoms with Gasteiger partial charge in [0.05, 0.1) is 4.90 Å². The molecule has 0 atom stereocenters. The number of nitrogens with one attached hydrogen (secondary N) is 1. The fourth-order valence-electron chi connectivity index (χ4n) is 2.54. The molecule has 112 valence electrons. The van der Waals surface area contributed by atoms with Crippen molar-refractivity contribution in [3.05, 3.63) is 28.7 Å². The van der Waals surface area contributed by atoms with Gasteiger partial charge >= 0.3 is 0 Å². The Balaban J connectivity index is 2.20. The molecule has 20 heavy (non-hydrogen) atoms. The largest absolute Gasteiger partial charge is 0.241 e. The van der Waals surface area contributed by atoms with E-state index in [0.29, 0.717) is 16.1 Å². The lowest BCUT2D eigenvalue weighted by molar-refractivity contribution is 0.250. The minimum atomic E-state index is -3.47.